The van der Waals surface area contributed by atoms with Crippen molar-refractivity contribution in [2.45, 2.75) is 355 Å². The van der Waals surface area contributed by atoms with Crippen molar-refractivity contribution in [2.24, 2.45) is 118 Å². The van der Waals surface area contributed by atoms with Crippen LogP contribution in [0.5, 0.6) is 0 Å². The Morgan fingerprint density at radius 2 is 0.333 bits per heavy atom. The molecule has 6 atom stereocenters. The molecule has 0 aliphatic rings. The van der Waals surface area contributed by atoms with Crippen LogP contribution in [0.4, 0.5) is 0 Å². The third kappa shape index (κ3) is 87.3. The highest BCUT2D eigenvalue weighted by Crippen LogP contribution is 2.28. The van der Waals surface area contributed by atoms with E-state index in [0.29, 0.717) is 71.0 Å². The third-order valence-electron chi connectivity index (χ3n) is 17.1. The minimum atomic E-state index is -0.0248. The fourth-order valence-corrected chi connectivity index (χ4v) is 11.4. The van der Waals surface area contributed by atoms with Crippen molar-refractivity contribution in [3.63, 3.8) is 0 Å². The van der Waals surface area contributed by atoms with Gasteiger partial charge in [0.1, 0.15) is 12.2 Å². The number of rotatable bonds is 56. The molecule has 0 bridgehead atoms. The minimum absolute atomic E-state index is 0.0248. The fraction of sp³-hybridized carbons (Fsp3) is 0.695. The molecule has 0 aromatic rings. The summed E-state index contributed by atoms with van der Waals surface area (Å²) in [5, 5.41) is 0. The molecule has 108 heavy (non-hydrogen) atoms. The van der Waals surface area contributed by atoms with E-state index >= 15 is 0 Å². The maximum absolute atomic E-state index is 6.49. The maximum atomic E-state index is 6.49. The van der Waals surface area contributed by atoms with Gasteiger partial charge in [0, 0.05) is 11.8 Å². The summed E-state index contributed by atoms with van der Waals surface area (Å²) in [5.74, 6) is 13.2. The van der Waals surface area contributed by atoms with Crippen molar-refractivity contribution in [1.29, 1.82) is 0 Å². The van der Waals surface area contributed by atoms with Crippen LogP contribution in [0.2, 0.25) is 0 Å². The van der Waals surface area contributed by atoms with Gasteiger partial charge in [0.05, 0.1) is 12.2 Å². The normalized spacial score (nSPS) is 15.4. The molecule has 0 saturated heterocycles. The van der Waals surface area contributed by atoms with Gasteiger partial charge < -0.3 is 4.74 Å². The van der Waals surface area contributed by atoms with E-state index in [0.717, 1.165) is 124 Å². The first kappa shape index (κ1) is 110. The first-order valence-corrected chi connectivity index (χ1v) is 44.5. The number of hydrogen-bond donors (Lipinski definition) is 0. The van der Waals surface area contributed by atoms with Crippen molar-refractivity contribution in [3.8, 4) is 0 Å². The molecule has 3 heteroatoms. The van der Waals surface area contributed by atoms with Crippen molar-refractivity contribution < 1.29 is 14.5 Å². The lowest BCUT2D eigenvalue weighted by Gasteiger charge is -2.23. The van der Waals surface area contributed by atoms with Gasteiger partial charge in [-0.2, -0.15) is 0 Å². The average molecular weight is 1500 g/mol. The lowest BCUT2D eigenvalue weighted by Crippen LogP contribution is -2.22. The van der Waals surface area contributed by atoms with Gasteiger partial charge >= 0.3 is 0 Å². The SMILES string of the molecule is CC(C)C/C=C\C(/C=C\CC(C)C)C(/C=C\CC(C)C)/C=C\CC(C)C.CC(C)C/C=C\C=C\C(CC(C)C)CC(/C=C/C=C\CC(C)C)CC(C)C.CC(C)C/C=C\C=C\C(CC(C)C)OC(/C=C/C=C\CC(C)C)CC(C)C.CC(C)C/C=C\C=C\C(CC(C)C)OOC(/C=C/C=C\CC(C)C)CC(C)C. The van der Waals surface area contributed by atoms with Crippen LogP contribution in [0.25, 0.3) is 0 Å². The van der Waals surface area contributed by atoms with Crippen LogP contribution in [0.1, 0.15) is 331 Å². The Balaban J connectivity index is -0.000000668. The summed E-state index contributed by atoms with van der Waals surface area (Å²) >= 11 is 0. The lowest BCUT2D eigenvalue weighted by molar-refractivity contribution is -0.336. The van der Waals surface area contributed by atoms with E-state index in [-0.39, 0.29) is 24.4 Å². The predicted molar refractivity (Wildman–Crippen MR) is 495 cm³/mol. The molecule has 0 aromatic carbocycles. The van der Waals surface area contributed by atoms with E-state index in [1.165, 1.54) is 32.1 Å². The van der Waals surface area contributed by atoms with E-state index in [1.54, 1.807) is 0 Å². The molecule has 0 N–H and O–H groups in total. The van der Waals surface area contributed by atoms with Gasteiger partial charge in [-0.3, -0.25) is 0 Å². The van der Waals surface area contributed by atoms with Crippen LogP contribution < -0.4 is 0 Å². The molecule has 0 heterocycles. The van der Waals surface area contributed by atoms with Gasteiger partial charge in [-0.1, -0.05) is 416 Å². The van der Waals surface area contributed by atoms with Crippen molar-refractivity contribution in [2.75, 3.05) is 0 Å². The molecule has 0 saturated carbocycles. The molecular formula is C105H186O3. The van der Waals surface area contributed by atoms with Crippen LogP contribution in [0.3, 0.4) is 0 Å². The van der Waals surface area contributed by atoms with E-state index in [9.17, 15) is 0 Å². The summed E-state index contributed by atoms with van der Waals surface area (Å²) < 4.78 is 6.49. The first-order chi connectivity index (χ1) is 50.8. The van der Waals surface area contributed by atoms with Crippen LogP contribution in [-0.2, 0) is 14.5 Å². The predicted octanol–water partition coefficient (Wildman–Crippen LogP) is 33.9. The smallest absolute Gasteiger partial charge is 0.112 e. The highest BCUT2D eigenvalue weighted by Gasteiger charge is 2.19. The first-order valence-electron chi connectivity index (χ1n) is 44.5. The zero-order valence-corrected chi connectivity index (χ0v) is 77.6. The summed E-state index contributed by atoms with van der Waals surface area (Å²) in [7, 11) is 0. The van der Waals surface area contributed by atoms with E-state index in [2.05, 4.69) is 416 Å². The molecular weight excluding hydrogens is 1310 g/mol. The molecule has 3 nitrogen and oxygen atoms in total. The summed E-state index contributed by atoms with van der Waals surface area (Å²) in [6, 6.07) is 0. The second kappa shape index (κ2) is 74.2. The van der Waals surface area contributed by atoms with Gasteiger partial charge in [0.15, 0.2) is 0 Å². The van der Waals surface area contributed by atoms with Crippen LogP contribution in [-0.4, -0.2) is 24.4 Å². The van der Waals surface area contributed by atoms with Crippen LogP contribution >= 0.6 is 0 Å². The van der Waals surface area contributed by atoms with Crippen molar-refractivity contribution >= 4 is 0 Å². The summed E-state index contributed by atoms with van der Waals surface area (Å²) in [5.41, 5.74) is 0. The van der Waals surface area contributed by atoms with Crippen molar-refractivity contribution in [1.82, 2.24) is 0 Å². The summed E-state index contributed by atoms with van der Waals surface area (Å²) in [6.45, 7) is 72.6. The Kier molecular flexibility index (Phi) is 75.6. The molecule has 0 fully saturated rings. The highest BCUT2D eigenvalue weighted by molar-refractivity contribution is 5.16. The molecule has 0 aliphatic heterocycles. The van der Waals surface area contributed by atoms with Crippen molar-refractivity contribution in [3.05, 3.63) is 194 Å². The van der Waals surface area contributed by atoms with Gasteiger partial charge in [0.2, 0.25) is 0 Å². The van der Waals surface area contributed by atoms with Gasteiger partial charge in [-0.15, -0.1) is 0 Å². The van der Waals surface area contributed by atoms with Gasteiger partial charge in [-0.25, -0.2) is 9.78 Å². The van der Waals surface area contributed by atoms with Crippen LogP contribution in [0.15, 0.2) is 194 Å². The highest BCUT2D eigenvalue weighted by atomic mass is 17.2. The average Bonchev–Trinajstić information content (AvgIpc) is 0.980. The zero-order chi connectivity index (χ0) is 82.6. The second-order valence-corrected chi connectivity index (χ2v) is 38.1. The zero-order valence-electron chi connectivity index (χ0n) is 77.6. The fourth-order valence-electron chi connectivity index (χ4n) is 11.4. The Hall–Kier alpha value is -4.28. The largest absolute Gasteiger partial charge is 0.367 e. The number of ether oxygens (including phenoxy) is 1. The number of allylic oxidation sites excluding steroid dienone is 28. The van der Waals surface area contributed by atoms with E-state index < -0.39 is 0 Å². The second-order valence-electron chi connectivity index (χ2n) is 38.1. The monoisotopic (exact) mass is 1500 g/mol. The molecule has 0 aromatic heterocycles. The molecule has 6 unspecified atom stereocenters. The molecule has 0 aliphatic carbocycles. The molecule has 0 amide bonds. The standard InChI is InChI=1S/C27H48.C26H46O2.C26H46O.C26H46/c1-22(2)15-11-9-13-17-26(19-24(5)6)21-27(20-25(7)8)18-14-10-12-16-23(3)4;1-21(2)15-11-9-13-17-25(19-23(5)6)27-28-26(20-24(7)8)18-14-10-12-16-22(3)4;1-21(2)15-11-9-13-17-25(19-23(5)6)27-26(20-24(7)8)18-14-10-12-16-22(3)4;1-21(2)13-9-17-25(18-10-14-22(3)4)26(19-11-15-23(5)6)20-12-16-24(7)8/h9-14,17-18,22-27H,15-16,19-21H2,1-8H3;9-14,17-18,21-26H,15-16,19-20H2,1-8H3;9-14,17-18,21-26H,15-16,19-20H2,1-8H3;9-12,17-26H,13-16H2,1-8H3/b3*11-9-,12-10-,17-13+,18-14+;17-9-,18-10-,19-11-,20-12-. The Bertz CT molecular complexity index is 2180. The third-order valence-corrected chi connectivity index (χ3v) is 17.1. The molecule has 0 spiro atoms. The molecule has 0 radical (unpaired) electrons. The van der Waals surface area contributed by atoms with E-state index in [4.69, 9.17) is 14.5 Å². The Morgan fingerprint density at radius 3 is 0.528 bits per heavy atom. The molecule has 624 valence electrons. The Labute approximate surface area is 678 Å². The lowest BCUT2D eigenvalue weighted by atomic mass is 9.84. The summed E-state index contributed by atoms with van der Waals surface area (Å²) in [4.78, 5) is 11.7. The Morgan fingerprint density at radius 1 is 0.157 bits per heavy atom. The van der Waals surface area contributed by atoms with E-state index in [1.807, 2.05) is 0 Å². The quantitative estimate of drug-likeness (QED) is 0.0263. The van der Waals surface area contributed by atoms with Gasteiger partial charge in [-0.05, 0) is 216 Å². The topological polar surface area (TPSA) is 27.7 Å². The van der Waals surface area contributed by atoms with Crippen LogP contribution in [0, 0.1) is 118 Å². The summed E-state index contributed by atoms with van der Waals surface area (Å²) in [6.07, 6.45) is 92.0. The van der Waals surface area contributed by atoms with Gasteiger partial charge in [0.25, 0.3) is 0 Å². The number of hydrogen-bond acceptors (Lipinski definition) is 3. The maximum Gasteiger partial charge on any atom is 0.112 e. The molecule has 0 rings (SSSR count). The minimum Gasteiger partial charge on any atom is -0.367 e.